The normalized spacial score (nSPS) is 12.6. The Balaban J connectivity index is 1.82. The Hall–Kier alpha value is -1.33. The Morgan fingerprint density at radius 1 is 1.33 bits per heavy atom. The molecule has 1 atom stereocenters. The van der Waals surface area contributed by atoms with Crippen LogP contribution in [-0.4, -0.2) is 20.7 Å². The van der Waals surface area contributed by atoms with Crippen LogP contribution in [0.25, 0.3) is 0 Å². The lowest BCUT2D eigenvalue weighted by atomic mass is 10.2. The molecule has 0 radical (unpaired) electrons. The predicted molar refractivity (Wildman–Crippen MR) is 74.5 cm³/mol. The van der Waals surface area contributed by atoms with E-state index in [1.54, 1.807) is 0 Å². The van der Waals surface area contributed by atoms with Gasteiger partial charge in [0.15, 0.2) is 0 Å². The van der Waals surface area contributed by atoms with Crippen molar-refractivity contribution < 1.29 is 0 Å². The van der Waals surface area contributed by atoms with Gasteiger partial charge in [-0.15, -0.1) is 16.9 Å². The molecule has 0 bridgehead atoms. The van der Waals surface area contributed by atoms with Crippen LogP contribution in [0.5, 0.6) is 0 Å². The first-order valence-electron chi connectivity index (χ1n) is 6.00. The maximum Gasteiger partial charge on any atom is 0.0991 e. The molecular formula is C13H18N4S. The summed E-state index contributed by atoms with van der Waals surface area (Å²) in [6, 6.07) is 8.50. The summed E-state index contributed by atoms with van der Waals surface area (Å²) < 4.78 is 1.85. The van der Waals surface area contributed by atoms with E-state index >= 15 is 0 Å². The molecule has 4 nitrogen and oxygen atoms in total. The van der Waals surface area contributed by atoms with E-state index in [-0.39, 0.29) is 6.04 Å². The minimum atomic E-state index is -0.0523. The van der Waals surface area contributed by atoms with Gasteiger partial charge in [0.05, 0.1) is 18.4 Å². The van der Waals surface area contributed by atoms with Gasteiger partial charge >= 0.3 is 0 Å². The fourth-order valence-corrected chi connectivity index (χ4v) is 2.37. The van der Waals surface area contributed by atoms with Crippen molar-refractivity contribution in [3.63, 3.8) is 0 Å². The molecule has 1 aromatic carbocycles. The first kappa shape index (κ1) is 13.1. The molecule has 2 N–H and O–H groups in total. The van der Waals surface area contributed by atoms with Gasteiger partial charge in [-0.2, -0.15) is 0 Å². The van der Waals surface area contributed by atoms with Gasteiger partial charge in [0, 0.05) is 16.7 Å². The lowest BCUT2D eigenvalue weighted by Crippen LogP contribution is -2.05. The number of aryl methyl sites for hydroxylation is 2. The van der Waals surface area contributed by atoms with E-state index in [0.717, 1.165) is 18.0 Å². The van der Waals surface area contributed by atoms with Crippen molar-refractivity contribution in [3.8, 4) is 0 Å². The summed E-state index contributed by atoms with van der Waals surface area (Å²) in [7, 11) is 0. The number of nitrogens with zero attached hydrogens (tertiary/aromatic N) is 3. The molecule has 0 aliphatic carbocycles. The van der Waals surface area contributed by atoms with Gasteiger partial charge in [-0.05, 0) is 26.0 Å². The SMILES string of the molecule is Cc1ccc(SCCn2cc(C(C)N)nn2)cc1. The average Bonchev–Trinajstić information content (AvgIpc) is 2.81. The molecule has 18 heavy (non-hydrogen) atoms. The molecule has 0 saturated heterocycles. The van der Waals surface area contributed by atoms with Gasteiger partial charge in [0.1, 0.15) is 0 Å². The molecule has 1 aromatic heterocycles. The molecule has 96 valence electrons. The van der Waals surface area contributed by atoms with E-state index in [2.05, 4.69) is 41.5 Å². The third-order valence-electron chi connectivity index (χ3n) is 2.63. The van der Waals surface area contributed by atoms with E-state index in [1.807, 2.05) is 29.6 Å². The van der Waals surface area contributed by atoms with Crippen molar-refractivity contribution in [2.75, 3.05) is 5.75 Å². The number of aromatic nitrogens is 3. The van der Waals surface area contributed by atoms with E-state index in [1.165, 1.54) is 10.5 Å². The molecule has 0 amide bonds. The lowest BCUT2D eigenvalue weighted by molar-refractivity contribution is 0.631. The fourth-order valence-electron chi connectivity index (χ4n) is 1.52. The van der Waals surface area contributed by atoms with Crippen LogP contribution in [0.3, 0.4) is 0 Å². The van der Waals surface area contributed by atoms with Gasteiger partial charge in [-0.25, -0.2) is 0 Å². The molecule has 1 heterocycles. The Bertz CT molecular complexity index is 490. The third kappa shape index (κ3) is 3.58. The zero-order chi connectivity index (χ0) is 13.0. The van der Waals surface area contributed by atoms with Crippen LogP contribution in [-0.2, 0) is 6.54 Å². The summed E-state index contributed by atoms with van der Waals surface area (Å²) in [5.41, 5.74) is 7.87. The van der Waals surface area contributed by atoms with Crippen LogP contribution in [0, 0.1) is 6.92 Å². The first-order valence-corrected chi connectivity index (χ1v) is 6.99. The summed E-state index contributed by atoms with van der Waals surface area (Å²) in [5, 5.41) is 8.09. The standard InChI is InChI=1S/C13H18N4S/c1-10-3-5-12(6-4-10)18-8-7-17-9-13(11(2)14)15-16-17/h3-6,9,11H,7-8,14H2,1-2H3. The minimum absolute atomic E-state index is 0.0523. The van der Waals surface area contributed by atoms with Crippen LogP contribution in [0.15, 0.2) is 35.4 Å². The van der Waals surface area contributed by atoms with Crippen LogP contribution in [0.2, 0.25) is 0 Å². The molecular weight excluding hydrogens is 244 g/mol. The van der Waals surface area contributed by atoms with E-state index in [9.17, 15) is 0 Å². The monoisotopic (exact) mass is 262 g/mol. The number of hydrogen-bond donors (Lipinski definition) is 1. The molecule has 0 saturated carbocycles. The molecule has 0 fully saturated rings. The van der Waals surface area contributed by atoms with E-state index in [4.69, 9.17) is 5.73 Å². The molecule has 0 aliphatic rings. The zero-order valence-electron chi connectivity index (χ0n) is 10.7. The van der Waals surface area contributed by atoms with Gasteiger partial charge < -0.3 is 5.73 Å². The summed E-state index contributed by atoms with van der Waals surface area (Å²) >= 11 is 1.82. The highest BCUT2D eigenvalue weighted by molar-refractivity contribution is 7.99. The highest BCUT2D eigenvalue weighted by Crippen LogP contribution is 2.18. The average molecular weight is 262 g/mol. The van der Waals surface area contributed by atoms with Gasteiger partial charge in [0.25, 0.3) is 0 Å². The summed E-state index contributed by atoms with van der Waals surface area (Å²) in [4.78, 5) is 1.29. The lowest BCUT2D eigenvalue weighted by Gasteiger charge is -2.02. The molecule has 0 aliphatic heterocycles. The van der Waals surface area contributed by atoms with Crippen LogP contribution >= 0.6 is 11.8 Å². The fraction of sp³-hybridized carbons (Fsp3) is 0.385. The summed E-state index contributed by atoms with van der Waals surface area (Å²) in [5.74, 6) is 0.977. The van der Waals surface area contributed by atoms with Crippen molar-refractivity contribution >= 4 is 11.8 Å². The zero-order valence-corrected chi connectivity index (χ0v) is 11.5. The number of benzene rings is 1. The first-order chi connectivity index (χ1) is 8.65. The quantitative estimate of drug-likeness (QED) is 0.841. The highest BCUT2D eigenvalue weighted by atomic mass is 32.2. The van der Waals surface area contributed by atoms with Gasteiger partial charge in [-0.3, -0.25) is 4.68 Å². The van der Waals surface area contributed by atoms with Crippen LogP contribution in [0.4, 0.5) is 0 Å². The Morgan fingerprint density at radius 2 is 2.06 bits per heavy atom. The van der Waals surface area contributed by atoms with Crippen molar-refractivity contribution in [2.45, 2.75) is 31.3 Å². The summed E-state index contributed by atoms with van der Waals surface area (Å²) in [6.45, 7) is 4.85. The number of rotatable bonds is 5. The molecule has 2 rings (SSSR count). The van der Waals surface area contributed by atoms with E-state index < -0.39 is 0 Å². The smallest absolute Gasteiger partial charge is 0.0991 e. The van der Waals surface area contributed by atoms with Crippen molar-refractivity contribution in [1.82, 2.24) is 15.0 Å². The Kier molecular flexibility index (Phi) is 4.38. The molecule has 0 spiro atoms. The Morgan fingerprint density at radius 3 is 2.67 bits per heavy atom. The second-order valence-electron chi connectivity index (χ2n) is 4.36. The largest absolute Gasteiger partial charge is 0.323 e. The predicted octanol–water partition coefficient (Wildman–Crippen LogP) is 2.40. The molecule has 2 aromatic rings. The number of thioether (sulfide) groups is 1. The van der Waals surface area contributed by atoms with Gasteiger partial charge in [-0.1, -0.05) is 22.9 Å². The molecule has 5 heteroatoms. The third-order valence-corrected chi connectivity index (χ3v) is 3.63. The van der Waals surface area contributed by atoms with Crippen molar-refractivity contribution in [1.29, 1.82) is 0 Å². The highest BCUT2D eigenvalue weighted by Gasteiger charge is 2.04. The van der Waals surface area contributed by atoms with E-state index in [0.29, 0.717) is 0 Å². The topological polar surface area (TPSA) is 56.7 Å². The maximum absolute atomic E-state index is 5.74. The van der Waals surface area contributed by atoms with Crippen molar-refractivity contribution in [2.24, 2.45) is 5.73 Å². The Labute approximate surface area is 112 Å². The number of hydrogen-bond acceptors (Lipinski definition) is 4. The maximum atomic E-state index is 5.74. The van der Waals surface area contributed by atoms with Crippen molar-refractivity contribution in [3.05, 3.63) is 41.7 Å². The minimum Gasteiger partial charge on any atom is -0.323 e. The number of nitrogens with two attached hydrogens (primary N) is 1. The summed E-state index contributed by atoms with van der Waals surface area (Å²) in [6.07, 6.45) is 1.92. The van der Waals surface area contributed by atoms with Gasteiger partial charge in [0.2, 0.25) is 0 Å². The second kappa shape index (κ2) is 6.02. The van der Waals surface area contributed by atoms with Crippen LogP contribution in [0.1, 0.15) is 24.2 Å². The molecule has 1 unspecified atom stereocenters. The second-order valence-corrected chi connectivity index (χ2v) is 5.52. The van der Waals surface area contributed by atoms with Crippen LogP contribution < -0.4 is 5.73 Å².